The van der Waals surface area contributed by atoms with Crippen molar-refractivity contribution in [2.45, 2.75) is 56.8 Å². The zero-order chi connectivity index (χ0) is 14.8. The first-order valence-corrected chi connectivity index (χ1v) is 7.30. The zero-order valence-corrected chi connectivity index (χ0v) is 11.8. The van der Waals surface area contributed by atoms with Crippen LogP contribution in [0.1, 0.15) is 39.0 Å². The molecule has 0 aromatic rings. The van der Waals surface area contributed by atoms with Crippen molar-refractivity contribution in [3.05, 3.63) is 0 Å². The Kier molecular flexibility index (Phi) is 4.60. The van der Waals surface area contributed by atoms with Gasteiger partial charge < -0.3 is 4.90 Å². The Morgan fingerprint density at radius 3 is 2.25 bits per heavy atom. The number of nitriles is 1. The van der Waals surface area contributed by atoms with Crippen LogP contribution < -0.4 is 5.32 Å². The molecule has 6 heteroatoms. The molecule has 1 aliphatic carbocycles. The maximum absolute atomic E-state index is 12.6. The summed E-state index contributed by atoms with van der Waals surface area (Å²) in [6.07, 6.45) is -0.786. The molecule has 0 amide bonds. The predicted molar refractivity (Wildman–Crippen MR) is 70.0 cm³/mol. The van der Waals surface area contributed by atoms with Gasteiger partial charge >= 0.3 is 6.18 Å². The third-order valence-corrected chi connectivity index (χ3v) is 4.33. The molecule has 1 saturated heterocycles. The number of halogens is 3. The van der Waals surface area contributed by atoms with Crippen LogP contribution in [-0.2, 0) is 0 Å². The first kappa shape index (κ1) is 15.6. The summed E-state index contributed by atoms with van der Waals surface area (Å²) < 4.78 is 37.7. The van der Waals surface area contributed by atoms with E-state index in [2.05, 4.69) is 11.4 Å². The van der Waals surface area contributed by atoms with Crippen LogP contribution in [0.15, 0.2) is 0 Å². The zero-order valence-electron chi connectivity index (χ0n) is 11.8. The molecule has 1 N–H and O–H groups in total. The lowest BCUT2D eigenvalue weighted by Crippen LogP contribution is -2.46. The number of alkyl halides is 3. The second-order valence-electron chi connectivity index (χ2n) is 6.27. The van der Waals surface area contributed by atoms with Crippen LogP contribution in [0.3, 0.4) is 0 Å². The Hall–Kier alpha value is -0.800. The molecule has 0 bridgehead atoms. The minimum absolute atomic E-state index is 0.183. The molecule has 20 heavy (non-hydrogen) atoms. The SMILES string of the molecule is CC(C#N)(CCN1CCC(C(F)(F)F)CC1)NC1CC1. The van der Waals surface area contributed by atoms with Crippen molar-refractivity contribution in [3.63, 3.8) is 0 Å². The van der Waals surface area contributed by atoms with Gasteiger partial charge in [-0.2, -0.15) is 18.4 Å². The second-order valence-corrected chi connectivity index (χ2v) is 6.27. The number of rotatable bonds is 5. The van der Waals surface area contributed by atoms with Crippen molar-refractivity contribution < 1.29 is 13.2 Å². The van der Waals surface area contributed by atoms with E-state index in [4.69, 9.17) is 0 Å². The predicted octanol–water partition coefficient (Wildman–Crippen LogP) is 2.69. The molecule has 0 radical (unpaired) electrons. The van der Waals surface area contributed by atoms with Crippen LogP contribution in [0.4, 0.5) is 13.2 Å². The molecule has 2 fully saturated rings. The van der Waals surface area contributed by atoms with Crippen molar-refractivity contribution in [2.75, 3.05) is 19.6 Å². The highest BCUT2D eigenvalue weighted by Gasteiger charge is 2.41. The molecule has 3 nitrogen and oxygen atoms in total. The average Bonchev–Trinajstić information content (AvgIpc) is 3.20. The van der Waals surface area contributed by atoms with E-state index in [1.54, 1.807) is 0 Å². The third-order valence-electron chi connectivity index (χ3n) is 4.33. The van der Waals surface area contributed by atoms with Crippen molar-refractivity contribution >= 4 is 0 Å². The van der Waals surface area contributed by atoms with E-state index < -0.39 is 17.6 Å². The third kappa shape index (κ3) is 4.35. The van der Waals surface area contributed by atoms with Crippen LogP contribution >= 0.6 is 0 Å². The van der Waals surface area contributed by atoms with Gasteiger partial charge in [0.2, 0.25) is 0 Å². The van der Waals surface area contributed by atoms with Crippen molar-refractivity contribution in [1.82, 2.24) is 10.2 Å². The van der Waals surface area contributed by atoms with Gasteiger partial charge in [0.05, 0.1) is 12.0 Å². The normalized spacial score (nSPS) is 25.1. The molecule has 0 aromatic heterocycles. The first-order valence-electron chi connectivity index (χ1n) is 7.30. The summed E-state index contributed by atoms with van der Waals surface area (Å²) in [5.74, 6) is -1.15. The molecule has 1 heterocycles. The van der Waals surface area contributed by atoms with Crippen LogP contribution in [0.25, 0.3) is 0 Å². The van der Waals surface area contributed by atoms with Gasteiger partial charge in [-0.15, -0.1) is 0 Å². The lowest BCUT2D eigenvalue weighted by molar-refractivity contribution is -0.185. The molecular formula is C14H22F3N3. The molecule has 1 aliphatic heterocycles. The topological polar surface area (TPSA) is 39.1 Å². The molecular weight excluding hydrogens is 267 g/mol. The first-order chi connectivity index (χ1) is 9.32. The largest absolute Gasteiger partial charge is 0.391 e. The smallest absolute Gasteiger partial charge is 0.303 e. The van der Waals surface area contributed by atoms with Gasteiger partial charge in [-0.1, -0.05) is 0 Å². The van der Waals surface area contributed by atoms with Crippen LogP contribution in [-0.4, -0.2) is 42.3 Å². The van der Waals surface area contributed by atoms with Crippen LogP contribution in [0.2, 0.25) is 0 Å². The molecule has 0 spiro atoms. The van der Waals surface area contributed by atoms with E-state index in [0.717, 1.165) is 12.8 Å². The summed E-state index contributed by atoms with van der Waals surface area (Å²) in [6.45, 7) is 3.53. The minimum Gasteiger partial charge on any atom is -0.303 e. The molecule has 114 valence electrons. The van der Waals surface area contributed by atoms with Gasteiger partial charge in [0.1, 0.15) is 5.54 Å². The Morgan fingerprint density at radius 2 is 1.80 bits per heavy atom. The van der Waals surface area contributed by atoms with Crippen LogP contribution in [0.5, 0.6) is 0 Å². The molecule has 1 saturated carbocycles. The summed E-state index contributed by atoms with van der Waals surface area (Å²) in [6, 6.07) is 2.76. The number of nitrogens with zero attached hydrogens (tertiary/aromatic N) is 2. The maximum Gasteiger partial charge on any atom is 0.391 e. The fourth-order valence-corrected chi connectivity index (χ4v) is 2.70. The Morgan fingerprint density at radius 1 is 1.20 bits per heavy atom. The van der Waals surface area contributed by atoms with Crippen molar-refractivity contribution in [3.8, 4) is 6.07 Å². The van der Waals surface area contributed by atoms with Gasteiger partial charge in [-0.05, 0) is 52.1 Å². The molecule has 1 unspecified atom stereocenters. The van der Waals surface area contributed by atoms with Gasteiger partial charge in [0.15, 0.2) is 0 Å². The number of hydrogen-bond acceptors (Lipinski definition) is 3. The van der Waals surface area contributed by atoms with E-state index >= 15 is 0 Å². The van der Waals surface area contributed by atoms with Gasteiger partial charge in [0, 0.05) is 12.6 Å². The van der Waals surface area contributed by atoms with E-state index in [1.807, 2.05) is 11.8 Å². The summed E-state index contributed by atoms with van der Waals surface area (Å²) >= 11 is 0. The summed E-state index contributed by atoms with van der Waals surface area (Å²) in [5.41, 5.74) is -0.554. The van der Waals surface area contributed by atoms with Gasteiger partial charge in [-0.25, -0.2) is 0 Å². The van der Waals surface area contributed by atoms with Gasteiger partial charge in [-0.3, -0.25) is 5.32 Å². The molecule has 2 aliphatic rings. The number of piperidine rings is 1. The fraction of sp³-hybridized carbons (Fsp3) is 0.929. The monoisotopic (exact) mass is 289 g/mol. The number of nitrogens with one attached hydrogen (secondary N) is 1. The van der Waals surface area contributed by atoms with Crippen molar-refractivity contribution in [2.24, 2.45) is 5.92 Å². The lowest BCUT2D eigenvalue weighted by Gasteiger charge is -2.34. The standard InChI is InChI=1S/C14H22F3N3/c1-13(10-18,19-12-2-3-12)6-9-20-7-4-11(5-8-20)14(15,16)17/h11-12,19H,2-9H2,1H3. The minimum atomic E-state index is -4.05. The molecule has 1 atom stereocenters. The Bertz CT molecular complexity index is 365. The summed E-state index contributed by atoms with van der Waals surface area (Å²) in [4.78, 5) is 2.05. The number of likely N-dealkylation sites (tertiary alicyclic amines) is 1. The molecule has 2 rings (SSSR count). The molecule has 0 aromatic carbocycles. The van der Waals surface area contributed by atoms with E-state index in [-0.39, 0.29) is 12.8 Å². The van der Waals surface area contributed by atoms with E-state index in [9.17, 15) is 18.4 Å². The maximum atomic E-state index is 12.6. The Balaban J connectivity index is 1.74. The highest BCUT2D eigenvalue weighted by molar-refractivity contribution is 5.07. The Labute approximate surface area is 118 Å². The summed E-state index contributed by atoms with van der Waals surface area (Å²) in [5, 5.41) is 12.6. The van der Waals surface area contributed by atoms with E-state index in [0.29, 0.717) is 32.1 Å². The lowest BCUT2D eigenvalue weighted by atomic mass is 9.94. The number of hydrogen-bond donors (Lipinski definition) is 1. The summed E-state index contributed by atoms with van der Waals surface area (Å²) in [7, 11) is 0. The van der Waals surface area contributed by atoms with Crippen molar-refractivity contribution in [1.29, 1.82) is 5.26 Å². The highest BCUT2D eigenvalue weighted by Crippen LogP contribution is 2.34. The highest BCUT2D eigenvalue weighted by atomic mass is 19.4. The quantitative estimate of drug-likeness (QED) is 0.846. The average molecular weight is 289 g/mol. The fourth-order valence-electron chi connectivity index (χ4n) is 2.70. The van der Waals surface area contributed by atoms with Gasteiger partial charge in [0.25, 0.3) is 0 Å². The van der Waals surface area contributed by atoms with E-state index in [1.165, 1.54) is 0 Å². The second kappa shape index (κ2) is 5.90. The van der Waals surface area contributed by atoms with Crippen LogP contribution in [0, 0.1) is 17.2 Å².